The Morgan fingerprint density at radius 2 is 2.12 bits per heavy atom. The molecule has 0 aromatic heterocycles. The molecule has 5 heteroatoms. The second kappa shape index (κ2) is 8.49. The van der Waals surface area contributed by atoms with E-state index in [2.05, 4.69) is 17.0 Å². The molecule has 2 heterocycles. The zero-order chi connectivity index (χ0) is 16.8. The lowest BCUT2D eigenvalue weighted by atomic mass is 10.1. The van der Waals surface area contributed by atoms with Gasteiger partial charge in [0.15, 0.2) is 0 Å². The highest BCUT2D eigenvalue weighted by Gasteiger charge is 2.33. The predicted octanol–water partition coefficient (Wildman–Crippen LogP) is 1.95. The molecule has 24 heavy (non-hydrogen) atoms. The van der Waals surface area contributed by atoms with Gasteiger partial charge in [-0.1, -0.05) is 12.1 Å². The summed E-state index contributed by atoms with van der Waals surface area (Å²) in [6, 6.07) is 8.33. The van der Waals surface area contributed by atoms with Gasteiger partial charge in [-0.15, -0.1) is 0 Å². The van der Waals surface area contributed by atoms with E-state index in [4.69, 9.17) is 9.47 Å². The second-order valence-corrected chi connectivity index (χ2v) is 6.59. The molecule has 0 bridgehead atoms. The number of likely N-dealkylation sites (tertiary alicyclic amines) is 1. The van der Waals surface area contributed by atoms with Crippen molar-refractivity contribution in [3.05, 3.63) is 29.8 Å². The summed E-state index contributed by atoms with van der Waals surface area (Å²) in [5, 5.41) is 0. The Bertz CT molecular complexity index is 543. The Balaban J connectivity index is 1.49. The van der Waals surface area contributed by atoms with E-state index in [1.54, 1.807) is 7.11 Å². The van der Waals surface area contributed by atoms with Gasteiger partial charge in [-0.25, -0.2) is 0 Å². The summed E-state index contributed by atoms with van der Waals surface area (Å²) < 4.78 is 10.6. The van der Waals surface area contributed by atoms with Crippen LogP contribution in [0.4, 0.5) is 0 Å². The van der Waals surface area contributed by atoms with Gasteiger partial charge in [0, 0.05) is 13.1 Å². The zero-order valence-corrected chi connectivity index (χ0v) is 14.6. The Morgan fingerprint density at radius 1 is 1.29 bits per heavy atom. The highest BCUT2D eigenvalue weighted by atomic mass is 16.5. The molecular formula is C19H28N2O3. The number of rotatable bonds is 6. The van der Waals surface area contributed by atoms with Crippen molar-refractivity contribution in [1.29, 1.82) is 0 Å². The summed E-state index contributed by atoms with van der Waals surface area (Å²) >= 11 is 0. The van der Waals surface area contributed by atoms with Crippen molar-refractivity contribution in [2.75, 3.05) is 46.5 Å². The first-order valence-electron chi connectivity index (χ1n) is 9.01. The fourth-order valence-electron chi connectivity index (χ4n) is 3.68. The van der Waals surface area contributed by atoms with Crippen molar-refractivity contribution in [3.8, 4) is 5.75 Å². The molecule has 1 atom stereocenters. The van der Waals surface area contributed by atoms with Crippen molar-refractivity contribution in [2.45, 2.75) is 31.7 Å². The maximum absolute atomic E-state index is 12.7. The van der Waals surface area contributed by atoms with Crippen LogP contribution in [0.5, 0.6) is 5.75 Å². The van der Waals surface area contributed by atoms with E-state index in [-0.39, 0.29) is 6.04 Å². The number of amides is 1. The van der Waals surface area contributed by atoms with Gasteiger partial charge in [-0.3, -0.25) is 9.69 Å². The molecule has 0 saturated carbocycles. The normalized spacial score (nSPS) is 21.9. The maximum Gasteiger partial charge on any atom is 0.240 e. The lowest BCUT2D eigenvalue weighted by Gasteiger charge is -2.32. The van der Waals surface area contributed by atoms with Crippen LogP contribution in [0, 0.1) is 0 Å². The quantitative estimate of drug-likeness (QED) is 0.798. The summed E-state index contributed by atoms with van der Waals surface area (Å²) in [7, 11) is 1.70. The maximum atomic E-state index is 12.7. The van der Waals surface area contributed by atoms with Crippen molar-refractivity contribution in [3.63, 3.8) is 0 Å². The molecule has 132 valence electrons. The molecular weight excluding hydrogens is 304 g/mol. The molecule has 1 amide bonds. The molecule has 1 unspecified atom stereocenters. The summed E-state index contributed by atoms with van der Waals surface area (Å²) in [5.41, 5.74) is 1.30. The first-order chi connectivity index (χ1) is 11.8. The monoisotopic (exact) mass is 332 g/mol. The van der Waals surface area contributed by atoms with Crippen LogP contribution in [0.2, 0.25) is 0 Å². The predicted molar refractivity (Wildman–Crippen MR) is 93.3 cm³/mol. The van der Waals surface area contributed by atoms with E-state index in [0.717, 1.165) is 57.6 Å². The van der Waals surface area contributed by atoms with E-state index in [1.165, 1.54) is 5.56 Å². The number of carbonyl (C=O) groups is 1. The molecule has 0 aliphatic carbocycles. The van der Waals surface area contributed by atoms with Crippen molar-refractivity contribution in [2.24, 2.45) is 0 Å². The van der Waals surface area contributed by atoms with Gasteiger partial charge in [0.2, 0.25) is 5.91 Å². The highest BCUT2D eigenvalue weighted by Crippen LogP contribution is 2.21. The van der Waals surface area contributed by atoms with E-state index >= 15 is 0 Å². The number of morpholine rings is 1. The van der Waals surface area contributed by atoms with Gasteiger partial charge in [0.25, 0.3) is 0 Å². The number of benzene rings is 1. The number of aryl methyl sites for hydroxylation is 1. The first-order valence-corrected chi connectivity index (χ1v) is 9.01. The smallest absolute Gasteiger partial charge is 0.240 e. The molecule has 2 aliphatic heterocycles. The third-order valence-electron chi connectivity index (χ3n) is 5.02. The minimum Gasteiger partial charge on any atom is -0.497 e. The first kappa shape index (κ1) is 17.2. The van der Waals surface area contributed by atoms with Crippen molar-refractivity contribution in [1.82, 2.24) is 9.80 Å². The van der Waals surface area contributed by atoms with Gasteiger partial charge in [0.05, 0.1) is 26.4 Å². The molecule has 3 rings (SSSR count). The fourth-order valence-corrected chi connectivity index (χ4v) is 3.68. The number of carbonyl (C=O) groups excluding carboxylic acids is 1. The molecule has 0 N–H and O–H groups in total. The Labute approximate surface area is 144 Å². The van der Waals surface area contributed by atoms with Gasteiger partial charge in [-0.2, -0.15) is 0 Å². The standard InChI is InChI=1S/C19H28N2O3/c1-23-17-7-2-5-16(15-17)6-3-9-20-10-4-8-18(20)19(22)21-11-13-24-14-12-21/h2,5,7,15,18H,3-4,6,8-14H2,1H3. The van der Waals surface area contributed by atoms with Crippen LogP contribution in [0.3, 0.4) is 0 Å². The van der Waals surface area contributed by atoms with Crippen molar-refractivity contribution < 1.29 is 14.3 Å². The Hall–Kier alpha value is -1.59. The van der Waals surface area contributed by atoms with Crippen LogP contribution in [-0.4, -0.2) is 68.3 Å². The third kappa shape index (κ3) is 4.28. The third-order valence-corrected chi connectivity index (χ3v) is 5.02. The van der Waals surface area contributed by atoms with Gasteiger partial charge in [0.1, 0.15) is 5.75 Å². The molecule has 0 radical (unpaired) electrons. The molecule has 2 fully saturated rings. The van der Waals surface area contributed by atoms with Crippen LogP contribution in [0.15, 0.2) is 24.3 Å². The van der Waals surface area contributed by atoms with Gasteiger partial charge >= 0.3 is 0 Å². The second-order valence-electron chi connectivity index (χ2n) is 6.59. The van der Waals surface area contributed by atoms with Crippen LogP contribution >= 0.6 is 0 Å². The molecule has 0 spiro atoms. The largest absolute Gasteiger partial charge is 0.497 e. The minimum atomic E-state index is 0.0772. The van der Waals surface area contributed by atoms with Crippen LogP contribution < -0.4 is 4.74 Å². The Kier molecular flexibility index (Phi) is 6.10. The van der Waals surface area contributed by atoms with E-state index in [0.29, 0.717) is 19.1 Å². The number of ether oxygens (including phenoxy) is 2. The number of methoxy groups -OCH3 is 1. The summed E-state index contributed by atoms with van der Waals surface area (Å²) in [6.07, 6.45) is 4.21. The van der Waals surface area contributed by atoms with E-state index in [1.807, 2.05) is 17.0 Å². The summed E-state index contributed by atoms with van der Waals surface area (Å²) in [5.74, 6) is 1.21. The molecule has 1 aromatic carbocycles. The summed E-state index contributed by atoms with van der Waals surface area (Å²) in [4.78, 5) is 17.1. The highest BCUT2D eigenvalue weighted by molar-refractivity contribution is 5.82. The van der Waals surface area contributed by atoms with Crippen molar-refractivity contribution >= 4 is 5.91 Å². The SMILES string of the molecule is COc1cccc(CCCN2CCCC2C(=O)N2CCOCC2)c1. The van der Waals surface area contributed by atoms with E-state index in [9.17, 15) is 4.79 Å². The lowest BCUT2D eigenvalue weighted by molar-refractivity contribution is -0.140. The number of hydrogen-bond acceptors (Lipinski definition) is 4. The topological polar surface area (TPSA) is 42.0 Å². The van der Waals surface area contributed by atoms with Gasteiger partial charge < -0.3 is 14.4 Å². The van der Waals surface area contributed by atoms with E-state index < -0.39 is 0 Å². The molecule has 2 aliphatic rings. The summed E-state index contributed by atoms with van der Waals surface area (Å²) in [6.45, 7) is 4.86. The average molecular weight is 332 g/mol. The van der Waals surface area contributed by atoms with Gasteiger partial charge in [-0.05, 0) is 56.5 Å². The lowest BCUT2D eigenvalue weighted by Crippen LogP contribution is -2.49. The van der Waals surface area contributed by atoms with Crippen LogP contribution in [0.25, 0.3) is 0 Å². The average Bonchev–Trinajstić information content (AvgIpc) is 3.10. The zero-order valence-electron chi connectivity index (χ0n) is 14.6. The molecule has 2 saturated heterocycles. The van der Waals surface area contributed by atoms with Crippen LogP contribution in [0.1, 0.15) is 24.8 Å². The minimum absolute atomic E-state index is 0.0772. The molecule has 5 nitrogen and oxygen atoms in total. The number of nitrogens with zero attached hydrogens (tertiary/aromatic N) is 2. The molecule has 1 aromatic rings. The van der Waals surface area contributed by atoms with Crippen LogP contribution in [-0.2, 0) is 16.0 Å². The number of hydrogen-bond donors (Lipinski definition) is 0. The fraction of sp³-hybridized carbons (Fsp3) is 0.632. The Morgan fingerprint density at radius 3 is 2.92 bits per heavy atom.